The molecule has 1 saturated heterocycles. The van der Waals surface area contributed by atoms with Crippen LogP contribution in [0.15, 0.2) is 65.6 Å². The molecule has 1 fully saturated rings. The van der Waals surface area contributed by atoms with E-state index >= 15 is 0 Å². The number of amides is 3. The molecule has 0 aliphatic carbocycles. The van der Waals surface area contributed by atoms with Crippen LogP contribution in [0.3, 0.4) is 0 Å². The van der Waals surface area contributed by atoms with Gasteiger partial charge in [-0.2, -0.15) is 0 Å². The summed E-state index contributed by atoms with van der Waals surface area (Å²) in [4.78, 5) is 56.4. The first-order valence-corrected chi connectivity index (χ1v) is 11.3. The third-order valence-corrected chi connectivity index (χ3v) is 5.97. The zero-order valence-electron chi connectivity index (χ0n) is 19.0. The SMILES string of the molecule is CCCn1c(C(=O)NC(CN2C(=O)COC2=O)c2ccccc2)cc2c(=O)n3ccccc3nc21. The van der Waals surface area contributed by atoms with E-state index in [-0.39, 0.29) is 24.4 Å². The molecule has 1 N–H and O–H groups in total. The Kier molecular flexibility index (Phi) is 5.77. The Labute approximate surface area is 199 Å². The molecule has 1 aliphatic rings. The highest BCUT2D eigenvalue weighted by atomic mass is 16.6. The summed E-state index contributed by atoms with van der Waals surface area (Å²) < 4.78 is 8.00. The first-order valence-electron chi connectivity index (χ1n) is 11.3. The fourth-order valence-electron chi connectivity index (χ4n) is 4.28. The molecule has 1 aromatic carbocycles. The molecule has 35 heavy (non-hydrogen) atoms. The number of fused-ring (bicyclic) bond motifs is 2. The van der Waals surface area contributed by atoms with E-state index < -0.39 is 23.9 Å². The average Bonchev–Trinajstić information content (AvgIpc) is 3.39. The van der Waals surface area contributed by atoms with Crippen molar-refractivity contribution in [2.45, 2.75) is 25.9 Å². The molecule has 0 spiro atoms. The number of aryl methyl sites for hydroxylation is 1. The van der Waals surface area contributed by atoms with Crippen molar-refractivity contribution in [2.24, 2.45) is 0 Å². The lowest BCUT2D eigenvalue weighted by molar-refractivity contribution is -0.126. The molecule has 0 radical (unpaired) electrons. The Morgan fingerprint density at radius 3 is 2.60 bits per heavy atom. The quantitative estimate of drug-likeness (QED) is 0.441. The summed E-state index contributed by atoms with van der Waals surface area (Å²) in [5.74, 6) is -0.909. The summed E-state index contributed by atoms with van der Waals surface area (Å²) in [6.45, 7) is 2.06. The van der Waals surface area contributed by atoms with Crippen molar-refractivity contribution in [3.63, 3.8) is 0 Å². The van der Waals surface area contributed by atoms with Gasteiger partial charge < -0.3 is 14.6 Å². The predicted molar refractivity (Wildman–Crippen MR) is 127 cm³/mol. The number of aromatic nitrogens is 3. The second-order valence-electron chi connectivity index (χ2n) is 8.26. The van der Waals surface area contributed by atoms with E-state index in [0.717, 1.165) is 16.9 Å². The van der Waals surface area contributed by atoms with Crippen LogP contribution in [-0.2, 0) is 16.1 Å². The van der Waals surface area contributed by atoms with E-state index in [2.05, 4.69) is 10.3 Å². The van der Waals surface area contributed by atoms with Crippen molar-refractivity contribution in [1.82, 2.24) is 24.2 Å². The second-order valence-corrected chi connectivity index (χ2v) is 8.26. The van der Waals surface area contributed by atoms with E-state index in [1.807, 2.05) is 25.1 Å². The van der Waals surface area contributed by atoms with Gasteiger partial charge in [0.15, 0.2) is 6.61 Å². The van der Waals surface area contributed by atoms with Gasteiger partial charge in [0.25, 0.3) is 17.4 Å². The molecule has 4 heterocycles. The van der Waals surface area contributed by atoms with Gasteiger partial charge >= 0.3 is 6.09 Å². The monoisotopic (exact) mass is 473 g/mol. The number of ether oxygens (including phenoxy) is 1. The topological polar surface area (TPSA) is 115 Å². The zero-order valence-corrected chi connectivity index (χ0v) is 19.0. The molecule has 4 aromatic rings. The van der Waals surface area contributed by atoms with Crippen LogP contribution in [0.25, 0.3) is 16.7 Å². The van der Waals surface area contributed by atoms with Crippen LogP contribution in [0.4, 0.5) is 4.79 Å². The van der Waals surface area contributed by atoms with Crippen LogP contribution in [0.5, 0.6) is 0 Å². The number of imide groups is 1. The normalized spacial score (nSPS) is 14.5. The number of nitrogens with zero attached hydrogens (tertiary/aromatic N) is 4. The van der Waals surface area contributed by atoms with E-state index in [1.165, 1.54) is 4.40 Å². The van der Waals surface area contributed by atoms with Gasteiger partial charge in [-0.3, -0.25) is 18.8 Å². The number of hydrogen-bond acceptors (Lipinski definition) is 6. The van der Waals surface area contributed by atoms with Crippen LogP contribution in [0.2, 0.25) is 0 Å². The number of benzene rings is 1. The number of carbonyl (C=O) groups is 3. The van der Waals surface area contributed by atoms with Crippen LogP contribution >= 0.6 is 0 Å². The first kappa shape index (κ1) is 22.3. The van der Waals surface area contributed by atoms with Gasteiger partial charge in [0.05, 0.1) is 18.0 Å². The van der Waals surface area contributed by atoms with Crippen molar-refractivity contribution >= 4 is 34.6 Å². The maximum absolute atomic E-state index is 13.5. The summed E-state index contributed by atoms with van der Waals surface area (Å²) in [5, 5.41) is 3.28. The molecule has 1 unspecified atom stereocenters. The maximum Gasteiger partial charge on any atom is 0.417 e. The number of rotatable bonds is 7. The lowest BCUT2D eigenvalue weighted by Gasteiger charge is -2.23. The molecule has 3 aromatic heterocycles. The molecule has 1 atom stereocenters. The van der Waals surface area contributed by atoms with Crippen LogP contribution in [-0.4, -0.2) is 49.9 Å². The molecule has 0 saturated carbocycles. The third kappa shape index (κ3) is 4.03. The predicted octanol–water partition coefficient (Wildman–Crippen LogP) is 2.51. The standard InChI is InChI=1S/C25H23N5O5/c1-2-11-28-19(13-17-22(28)27-20-10-6-7-12-29(20)24(17)33)23(32)26-18(16-8-4-3-5-9-16)14-30-21(31)15-35-25(30)34/h3-10,12-13,18H,2,11,14-15H2,1H3,(H,26,32). The average molecular weight is 473 g/mol. The highest BCUT2D eigenvalue weighted by Crippen LogP contribution is 2.21. The molecule has 5 rings (SSSR count). The molecule has 10 heteroatoms. The van der Waals surface area contributed by atoms with E-state index in [0.29, 0.717) is 23.2 Å². The third-order valence-electron chi connectivity index (χ3n) is 5.97. The largest absolute Gasteiger partial charge is 0.439 e. The van der Waals surface area contributed by atoms with E-state index in [9.17, 15) is 19.2 Å². The Balaban J connectivity index is 1.55. The Morgan fingerprint density at radius 1 is 1.11 bits per heavy atom. The summed E-state index contributed by atoms with van der Waals surface area (Å²) in [6, 6.07) is 15.2. The van der Waals surface area contributed by atoms with Gasteiger partial charge in [0.1, 0.15) is 17.0 Å². The lowest BCUT2D eigenvalue weighted by Crippen LogP contribution is -2.40. The fourth-order valence-corrected chi connectivity index (χ4v) is 4.28. The Bertz CT molecular complexity index is 1490. The van der Waals surface area contributed by atoms with Crippen LogP contribution < -0.4 is 10.9 Å². The molecule has 1 aliphatic heterocycles. The number of cyclic esters (lactones) is 1. The summed E-state index contributed by atoms with van der Waals surface area (Å²) in [6.07, 6.45) is 1.61. The van der Waals surface area contributed by atoms with Crippen LogP contribution in [0, 0.1) is 0 Å². The lowest BCUT2D eigenvalue weighted by atomic mass is 10.1. The van der Waals surface area contributed by atoms with Gasteiger partial charge in [-0.05, 0) is 30.2 Å². The Morgan fingerprint density at radius 2 is 1.89 bits per heavy atom. The van der Waals surface area contributed by atoms with Gasteiger partial charge in [0, 0.05) is 12.7 Å². The second kappa shape index (κ2) is 9.05. The minimum atomic E-state index is -0.741. The van der Waals surface area contributed by atoms with Gasteiger partial charge in [-0.1, -0.05) is 43.3 Å². The summed E-state index contributed by atoms with van der Waals surface area (Å²) >= 11 is 0. The zero-order chi connectivity index (χ0) is 24.5. The Hall–Kier alpha value is -4.47. The minimum Gasteiger partial charge on any atom is -0.439 e. The van der Waals surface area contributed by atoms with Crippen molar-refractivity contribution < 1.29 is 19.1 Å². The molecular formula is C25H23N5O5. The van der Waals surface area contributed by atoms with Crippen molar-refractivity contribution in [3.8, 4) is 0 Å². The molecule has 178 valence electrons. The number of hydrogen-bond donors (Lipinski definition) is 1. The summed E-state index contributed by atoms with van der Waals surface area (Å²) in [5.41, 5.74) is 1.65. The maximum atomic E-state index is 13.5. The van der Waals surface area contributed by atoms with Crippen molar-refractivity contribution in [3.05, 3.63) is 82.4 Å². The van der Waals surface area contributed by atoms with E-state index in [4.69, 9.17) is 4.74 Å². The molecule has 0 bridgehead atoms. The molecule has 10 nitrogen and oxygen atoms in total. The first-order chi connectivity index (χ1) is 17.0. The number of nitrogens with one attached hydrogen (secondary N) is 1. The van der Waals surface area contributed by atoms with E-state index in [1.54, 1.807) is 47.2 Å². The van der Waals surface area contributed by atoms with Crippen LogP contribution in [0.1, 0.15) is 35.4 Å². The fraction of sp³-hybridized carbons (Fsp3) is 0.240. The van der Waals surface area contributed by atoms with Gasteiger partial charge in [-0.15, -0.1) is 0 Å². The number of carbonyl (C=O) groups excluding carboxylic acids is 3. The highest BCUT2D eigenvalue weighted by molar-refractivity contribution is 5.99. The summed E-state index contributed by atoms with van der Waals surface area (Å²) in [7, 11) is 0. The van der Waals surface area contributed by atoms with Gasteiger partial charge in [-0.25, -0.2) is 14.7 Å². The smallest absolute Gasteiger partial charge is 0.417 e. The van der Waals surface area contributed by atoms with Crippen molar-refractivity contribution in [2.75, 3.05) is 13.2 Å². The minimum absolute atomic E-state index is 0.0772. The number of pyridine rings is 1. The highest BCUT2D eigenvalue weighted by Gasteiger charge is 2.34. The van der Waals surface area contributed by atoms with Crippen molar-refractivity contribution in [1.29, 1.82) is 0 Å². The molecular weight excluding hydrogens is 450 g/mol. The van der Waals surface area contributed by atoms with Gasteiger partial charge in [0.2, 0.25) is 0 Å². The molecule has 3 amide bonds.